The van der Waals surface area contributed by atoms with Crippen LogP contribution in [0.4, 0.5) is 0 Å². The van der Waals surface area contributed by atoms with Crippen molar-refractivity contribution in [1.82, 2.24) is 0 Å². The van der Waals surface area contributed by atoms with Crippen LogP contribution in [0.15, 0.2) is 60.8 Å². The van der Waals surface area contributed by atoms with Crippen molar-refractivity contribution in [3.8, 4) is 0 Å². The van der Waals surface area contributed by atoms with E-state index in [1.54, 1.807) is 0 Å². The Labute approximate surface area is 458 Å². The van der Waals surface area contributed by atoms with Crippen molar-refractivity contribution in [3.63, 3.8) is 0 Å². The summed E-state index contributed by atoms with van der Waals surface area (Å²) in [4.78, 5) is 25.8. The highest BCUT2D eigenvalue weighted by atomic mass is 16.7. The molecule has 4 unspecified atom stereocenters. The van der Waals surface area contributed by atoms with Gasteiger partial charge in [0.1, 0.15) is 55.4 Å². The summed E-state index contributed by atoms with van der Waals surface area (Å²) in [7, 11) is 0. The van der Waals surface area contributed by atoms with E-state index in [-0.39, 0.29) is 19.4 Å². The fourth-order valence-electron chi connectivity index (χ4n) is 9.08. The predicted octanol–water partition coefficient (Wildman–Crippen LogP) is 10.4. The number of carbonyl (C=O) groups excluding carboxylic acids is 2. The van der Waals surface area contributed by atoms with E-state index in [9.17, 15) is 45.3 Å². The van der Waals surface area contributed by atoms with Gasteiger partial charge in [0.25, 0.3) is 0 Å². The Morgan fingerprint density at radius 2 is 0.803 bits per heavy atom. The van der Waals surface area contributed by atoms with Crippen LogP contribution < -0.4 is 0 Å². The van der Waals surface area contributed by atoms with E-state index in [1.165, 1.54) is 128 Å². The lowest BCUT2D eigenvalue weighted by molar-refractivity contribution is -0.332. The molecular formula is C61H106O15. The number of aliphatic hydroxyl groups excluding tert-OH is 7. The lowest BCUT2D eigenvalue weighted by atomic mass is 9.98. The molecule has 7 N–H and O–H groups in total. The first-order valence-corrected chi connectivity index (χ1v) is 29.9. The molecule has 11 atom stereocenters. The minimum atomic E-state index is -1.78. The summed E-state index contributed by atoms with van der Waals surface area (Å²) in [5.41, 5.74) is 0. The highest BCUT2D eigenvalue weighted by Gasteiger charge is 2.47. The normalized spacial score (nSPS) is 24.8. The van der Waals surface area contributed by atoms with E-state index in [0.29, 0.717) is 25.7 Å². The van der Waals surface area contributed by atoms with E-state index in [1.807, 2.05) is 6.08 Å². The maximum Gasteiger partial charge on any atom is 0.306 e. The first-order chi connectivity index (χ1) is 37.0. The molecule has 2 aliphatic rings. The molecule has 2 aliphatic heterocycles. The first kappa shape index (κ1) is 69.3. The third-order valence-corrected chi connectivity index (χ3v) is 13.9. The smallest absolute Gasteiger partial charge is 0.306 e. The third-order valence-electron chi connectivity index (χ3n) is 13.9. The van der Waals surface area contributed by atoms with Crippen LogP contribution >= 0.6 is 0 Å². The van der Waals surface area contributed by atoms with Gasteiger partial charge in [-0.3, -0.25) is 9.59 Å². The minimum absolute atomic E-state index is 0.0934. The monoisotopic (exact) mass is 1080 g/mol. The van der Waals surface area contributed by atoms with Gasteiger partial charge in [-0.15, -0.1) is 0 Å². The lowest BCUT2D eigenvalue weighted by Gasteiger charge is -2.42. The van der Waals surface area contributed by atoms with Crippen molar-refractivity contribution in [2.75, 3.05) is 26.4 Å². The van der Waals surface area contributed by atoms with Gasteiger partial charge in [-0.05, 0) is 77.0 Å². The molecule has 76 heavy (non-hydrogen) atoms. The molecule has 0 aromatic heterocycles. The average Bonchev–Trinajstić information content (AvgIpc) is 3.42. The van der Waals surface area contributed by atoms with Crippen molar-refractivity contribution in [3.05, 3.63) is 60.8 Å². The van der Waals surface area contributed by atoms with E-state index >= 15 is 0 Å². The van der Waals surface area contributed by atoms with Gasteiger partial charge in [0.05, 0.1) is 19.8 Å². The molecule has 0 spiro atoms. The summed E-state index contributed by atoms with van der Waals surface area (Å²) in [5, 5.41) is 72.3. The Kier molecular flexibility index (Phi) is 42.9. The van der Waals surface area contributed by atoms with Crippen LogP contribution in [0.3, 0.4) is 0 Å². The third kappa shape index (κ3) is 33.6. The molecule has 2 fully saturated rings. The summed E-state index contributed by atoms with van der Waals surface area (Å²) in [6.07, 6.45) is 39.8. The molecule has 440 valence electrons. The van der Waals surface area contributed by atoms with Crippen LogP contribution in [0.25, 0.3) is 0 Å². The molecule has 0 amide bonds. The molecule has 0 radical (unpaired) electrons. The van der Waals surface area contributed by atoms with Crippen molar-refractivity contribution in [1.29, 1.82) is 0 Å². The second kappa shape index (κ2) is 47.1. The zero-order valence-electron chi connectivity index (χ0n) is 47.0. The van der Waals surface area contributed by atoms with Crippen LogP contribution in [0.1, 0.15) is 219 Å². The molecule has 0 aliphatic carbocycles. The molecule has 0 saturated carbocycles. The average molecular weight is 1080 g/mol. The Balaban J connectivity index is 1.78. The van der Waals surface area contributed by atoms with Crippen molar-refractivity contribution >= 4 is 11.9 Å². The van der Waals surface area contributed by atoms with Gasteiger partial charge in [-0.2, -0.15) is 0 Å². The molecule has 0 aromatic rings. The molecule has 0 bridgehead atoms. The lowest BCUT2D eigenvalue weighted by Crippen LogP contribution is -2.61. The zero-order chi connectivity index (χ0) is 55.3. The van der Waals surface area contributed by atoms with Gasteiger partial charge >= 0.3 is 11.9 Å². The summed E-state index contributed by atoms with van der Waals surface area (Å²) in [6, 6.07) is 0. The maximum atomic E-state index is 13.1. The van der Waals surface area contributed by atoms with Crippen molar-refractivity contribution < 1.29 is 73.8 Å². The number of allylic oxidation sites excluding steroid dienone is 10. The Morgan fingerprint density at radius 3 is 1.29 bits per heavy atom. The molecular weight excluding hydrogens is 973 g/mol. The quantitative estimate of drug-likeness (QED) is 0.0171. The predicted molar refractivity (Wildman–Crippen MR) is 298 cm³/mol. The Morgan fingerprint density at radius 1 is 0.421 bits per heavy atom. The van der Waals surface area contributed by atoms with E-state index in [0.717, 1.165) is 38.5 Å². The largest absolute Gasteiger partial charge is 0.462 e. The Bertz CT molecular complexity index is 1550. The number of rotatable bonds is 47. The van der Waals surface area contributed by atoms with E-state index < -0.39 is 99.3 Å². The number of hydrogen-bond donors (Lipinski definition) is 7. The second-order valence-corrected chi connectivity index (χ2v) is 20.8. The molecule has 0 aromatic carbocycles. The van der Waals surface area contributed by atoms with Gasteiger partial charge in [0.15, 0.2) is 18.7 Å². The van der Waals surface area contributed by atoms with Crippen LogP contribution in [0.2, 0.25) is 0 Å². The highest BCUT2D eigenvalue weighted by Crippen LogP contribution is 2.27. The van der Waals surface area contributed by atoms with E-state index in [2.05, 4.69) is 68.5 Å². The van der Waals surface area contributed by atoms with Crippen LogP contribution in [-0.2, 0) is 38.0 Å². The SMILES string of the molecule is CCCCCCCC/C=C/C/C=C/C/C=C/CCCC(=O)OC[C@H](CO[C@H]1O[C@@H](CO[C@H]2O[C@@H](CO)[C@@H](O)C(O)C2O)[C@@H](O)C(O)C1O)OC(=O)CCC/C=C/CC/C=C/CCCCCCCCCCCCCCCC. The van der Waals surface area contributed by atoms with Gasteiger partial charge < -0.3 is 64.2 Å². The van der Waals surface area contributed by atoms with Crippen molar-refractivity contribution in [2.24, 2.45) is 0 Å². The van der Waals surface area contributed by atoms with Crippen LogP contribution in [-0.4, -0.2) is 142 Å². The van der Waals surface area contributed by atoms with Gasteiger partial charge in [-0.25, -0.2) is 0 Å². The summed E-state index contributed by atoms with van der Waals surface area (Å²) >= 11 is 0. The van der Waals surface area contributed by atoms with Crippen LogP contribution in [0, 0.1) is 0 Å². The number of ether oxygens (including phenoxy) is 6. The molecule has 15 nitrogen and oxygen atoms in total. The zero-order valence-corrected chi connectivity index (χ0v) is 47.0. The highest BCUT2D eigenvalue weighted by molar-refractivity contribution is 5.70. The molecule has 15 heteroatoms. The van der Waals surface area contributed by atoms with Gasteiger partial charge in [0.2, 0.25) is 0 Å². The van der Waals surface area contributed by atoms with Gasteiger partial charge in [0, 0.05) is 12.8 Å². The maximum absolute atomic E-state index is 13.1. The summed E-state index contributed by atoms with van der Waals surface area (Å²) in [6.45, 7) is 2.52. The molecule has 2 heterocycles. The first-order valence-electron chi connectivity index (χ1n) is 29.9. The standard InChI is InChI=1S/C61H106O15/c1-3-5-7-9-11-13-15-17-19-21-22-23-24-25-26-28-30-32-34-36-38-40-42-44-53(64)74-49(46-71-52(63)43-41-39-37-35-33-31-29-27-20-18-16-14-12-10-8-6-4-2)47-72-60-59(70)57(68)55(66)51(76-60)48-73-61-58(69)56(67)54(65)50(45-62)75-61/h18,20,28-31,35-38,49-51,54-62,65-70H,3-17,19,21-27,32-34,39-48H2,1-2H3/b20-18+,30-28+,31-29+,37-35+,38-36+/t49-,50+,51+,54-,55-,56?,57?,58?,59?,60+,61+/m1/s1. The van der Waals surface area contributed by atoms with Gasteiger partial charge in [-0.1, -0.05) is 190 Å². The second-order valence-electron chi connectivity index (χ2n) is 20.8. The number of carbonyl (C=O) groups is 2. The van der Waals surface area contributed by atoms with E-state index in [4.69, 9.17) is 28.4 Å². The fourth-order valence-corrected chi connectivity index (χ4v) is 9.08. The number of unbranched alkanes of at least 4 members (excludes halogenated alkanes) is 23. The number of aliphatic hydroxyl groups is 7. The topological polar surface area (TPSA) is 231 Å². The number of hydrogen-bond acceptors (Lipinski definition) is 15. The number of esters is 2. The van der Waals surface area contributed by atoms with Crippen molar-refractivity contribution in [2.45, 2.75) is 287 Å². The molecule has 2 rings (SSSR count). The molecule has 2 saturated heterocycles. The fraction of sp³-hybridized carbons (Fsp3) is 0.803. The summed E-state index contributed by atoms with van der Waals surface area (Å²) in [5.74, 6) is -1.03. The summed E-state index contributed by atoms with van der Waals surface area (Å²) < 4.78 is 33.6. The minimum Gasteiger partial charge on any atom is -0.462 e. The van der Waals surface area contributed by atoms with Crippen LogP contribution in [0.5, 0.6) is 0 Å². The Hall–Kier alpha value is -2.80.